The number of unbranched alkanes of at least 4 members (excludes halogenated alkanes) is 2. The Morgan fingerprint density at radius 3 is 1.98 bits per heavy atom. The van der Waals surface area contributed by atoms with Gasteiger partial charge >= 0.3 is 12.1 Å². The molecular weight excluding hydrogens is 562 g/mol. The van der Waals surface area contributed by atoms with Crippen LogP contribution < -0.4 is 26.6 Å². The van der Waals surface area contributed by atoms with Crippen LogP contribution in [-0.2, 0) is 44.6 Å². The molecule has 0 fully saturated rings. The number of ether oxygens (including phenoxy) is 3. The van der Waals surface area contributed by atoms with E-state index in [0.29, 0.717) is 19.4 Å². The molecule has 43 heavy (non-hydrogen) atoms. The highest BCUT2D eigenvalue weighted by atomic mass is 16.6. The molecule has 1 unspecified atom stereocenters. The van der Waals surface area contributed by atoms with Gasteiger partial charge in [-0.05, 0) is 24.8 Å². The molecule has 1 aromatic carbocycles. The number of hydrogen-bond donors (Lipinski definition) is 5. The van der Waals surface area contributed by atoms with Gasteiger partial charge in [0.25, 0.3) is 0 Å². The second-order valence-corrected chi connectivity index (χ2v) is 9.48. The second-order valence-electron chi connectivity index (χ2n) is 9.48. The zero-order chi connectivity index (χ0) is 31.9. The maximum absolute atomic E-state index is 12.9. The van der Waals surface area contributed by atoms with E-state index in [2.05, 4.69) is 26.6 Å². The number of amides is 5. The van der Waals surface area contributed by atoms with Gasteiger partial charge in [-0.15, -0.1) is 0 Å². The maximum Gasteiger partial charge on any atom is 0.407 e. The van der Waals surface area contributed by atoms with E-state index >= 15 is 0 Å². The summed E-state index contributed by atoms with van der Waals surface area (Å²) >= 11 is 0. The van der Waals surface area contributed by atoms with Gasteiger partial charge in [-0.25, -0.2) is 9.59 Å². The summed E-state index contributed by atoms with van der Waals surface area (Å²) in [4.78, 5) is 73.3. The lowest BCUT2D eigenvalue weighted by Crippen LogP contribution is -2.52. The van der Waals surface area contributed by atoms with E-state index in [-0.39, 0.29) is 26.3 Å². The van der Waals surface area contributed by atoms with E-state index < -0.39 is 60.9 Å². The molecule has 240 valence electrons. The van der Waals surface area contributed by atoms with Crippen molar-refractivity contribution in [2.75, 3.05) is 39.6 Å². The number of benzene rings is 1. The summed E-state index contributed by atoms with van der Waals surface area (Å²) in [6.07, 6.45) is 2.11. The predicted molar refractivity (Wildman–Crippen MR) is 156 cm³/mol. The molecule has 0 aliphatic carbocycles. The average Bonchev–Trinajstić information content (AvgIpc) is 3.00. The van der Waals surface area contributed by atoms with Crippen molar-refractivity contribution in [2.24, 2.45) is 0 Å². The fourth-order valence-electron chi connectivity index (χ4n) is 3.40. The van der Waals surface area contributed by atoms with Crippen molar-refractivity contribution in [1.29, 1.82) is 0 Å². The van der Waals surface area contributed by atoms with E-state index in [1.54, 1.807) is 37.3 Å². The molecule has 0 saturated heterocycles. The third kappa shape index (κ3) is 17.4. The summed E-state index contributed by atoms with van der Waals surface area (Å²) in [5, 5.41) is 12.1. The van der Waals surface area contributed by atoms with Crippen LogP contribution in [0.15, 0.2) is 30.3 Å². The van der Waals surface area contributed by atoms with Crippen LogP contribution in [0.5, 0.6) is 0 Å². The number of esters is 1. The molecule has 0 aliphatic heterocycles. The van der Waals surface area contributed by atoms with Gasteiger partial charge in [0.1, 0.15) is 19.3 Å². The molecule has 14 nitrogen and oxygen atoms in total. The third-order valence-electron chi connectivity index (χ3n) is 5.86. The number of carbonyl (C=O) groups excluding carboxylic acids is 6. The molecule has 0 bridgehead atoms. The number of carbonyl (C=O) groups is 6. The van der Waals surface area contributed by atoms with Crippen molar-refractivity contribution < 1.29 is 43.0 Å². The summed E-state index contributed by atoms with van der Waals surface area (Å²) in [6.45, 7) is 4.72. The zero-order valence-corrected chi connectivity index (χ0v) is 25.2. The van der Waals surface area contributed by atoms with Crippen LogP contribution in [0.2, 0.25) is 0 Å². The first-order valence-corrected chi connectivity index (χ1v) is 14.5. The van der Waals surface area contributed by atoms with Crippen LogP contribution in [0.25, 0.3) is 0 Å². The lowest BCUT2D eigenvalue weighted by atomic mass is 10.1. The van der Waals surface area contributed by atoms with E-state index in [9.17, 15) is 28.8 Å². The Labute approximate surface area is 252 Å². The Kier molecular flexibility index (Phi) is 19.2. The molecule has 1 aromatic rings. The highest BCUT2D eigenvalue weighted by Gasteiger charge is 2.23. The van der Waals surface area contributed by atoms with Crippen molar-refractivity contribution in [1.82, 2.24) is 26.6 Å². The van der Waals surface area contributed by atoms with E-state index in [0.717, 1.165) is 24.8 Å². The lowest BCUT2D eigenvalue weighted by Gasteiger charge is -2.19. The highest BCUT2D eigenvalue weighted by Crippen LogP contribution is 2.04. The molecule has 2 atom stereocenters. The highest BCUT2D eigenvalue weighted by molar-refractivity contribution is 5.92. The molecule has 0 radical (unpaired) electrons. The standard InChI is InChI=1S/C29H45N5O9/c1-4-7-14-41-28(39)23(6-3)43-20-33-25(36)17-31-27(38)22(16-21-12-10-9-11-13-21)34-26(37)19-30-24(35)18-32-29(40)42-15-8-5-2/h9-13,22-23H,4-8,14-20H2,1-3H3,(H,30,35)(H,31,38)(H,32,40)(H,33,36)(H,34,37)/t22-,23?/m0/s1. The Bertz CT molecular complexity index is 1020. The first kappa shape index (κ1) is 36.8. The molecule has 0 saturated carbocycles. The lowest BCUT2D eigenvalue weighted by molar-refractivity contribution is -0.158. The smallest absolute Gasteiger partial charge is 0.407 e. The quantitative estimate of drug-likeness (QED) is 0.0760. The molecule has 0 aliphatic rings. The molecule has 0 aromatic heterocycles. The SMILES string of the molecule is CCCCOC(=O)NCC(=O)NCC(=O)N[C@@H](Cc1ccccc1)C(=O)NCC(=O)NCOC(CC)C(=O)OCCCC. The number of rotatable bonds is 21. The van der Waals surface area contributed by atoms with Gasteiger partial charge in [-0.2, -0.15) is 0 Å². The van der Waals surface area contributed by atoms with Crippen molar-refractivity contribution >= 4 is 35.7 Å². The van der Waals surface area contributed by atoms with Crippen LogP contribution >= 0.6 is 0 Å². The van der Waals surface area contributed by atoms with Crippen molar-refractivity contribution in [3.8, 4) is 0 Å². The largest absolute Gasteiger partial charge is 0.464 e. The first-order chi connectivity index (χ1) is 20.7. The van der Waals surface area contributed by atoms with Gasteiger partial charge in [0.2, 0.25) is 23.6 Å². The van der Waals surface area contributed by atoms with Gasteiger partial charge in [0.05, 0.1) is 26.3 Å². The van der Waals surface area contributed by atoms with E-state index in [4.69, 9.17) is 14.2 Å². The van der Waals surface area contributed by atoms with Crippen LogP contribution in [0.4, 0.5) is 4.79 Å². The summed E-state index contributed by atoms with van der Waals surface area (Å²) in [5.41, 5.74) is 0.757. The summed E-state index contributed by atoms with van der Waals surface area (Å²) in [5.74, 6) is -2.97. The molecule has 5 amide bonds. The summed E-state index contributed by atoms with van der Waals surface area (Å²) < 4.78 is 15.4. The van der Waals surface area contributed by atoms with Gasteiger partial charge in [0, 0.05) is 6.42 Å². The molecule has 0 heterocycles. The Balaban J connectivity index is 2.55. The van der Waals surface area contributed by atoms with Crippen molar-refractivity contribution in [3.63, 3.8) is 0 Å². The fraction of sp³-hybridized carbons (Fsp3) is 0.586. The van der Waals surface area contributed by atoms with Gasteiger partial charge < -0.3 is 40.8 Å². The van der Waals surface area contributed by atoms with E-state index in [1.807, 2.05) is 13.8 Å². The van der Waals surface area contributed by atoms with Crippen LogP contribution in [0.3, 0.4) is 0 Å². The van der Waals surface area contributed by atoms with Crippen LogP contribution in [-0.4, -0.2) is 87.4 Å². The number of alkyl carbamates (subject to hydrolysis) is 1. The minimum atomic E-state index is -1.05. The Morgan fingerprint density at radius 1 is 0.721 bits per heavy atom. The Morgan fingerprint density at radius 2 is 1.33 bits per heavy atom. The number of nitrogens with one attached hydrogen (secondary N) is 5. The molecule has 14 heteroatoms. The fourth-order valence-corrected chi connectivity index (χ4v) is 3.40. The normalized spacial score (nSPS) is 11.8. The predicted octanol–water partition coefficient (Wildman–Crippen LogP) is 0.685. The third-order valence-corrected chi connectivity index (χ3v) is 5.86. The minimum Gasteiger partial charge on any atom is -0.464 e. The Hall–Kier alpha value is -4.20. The second kappa shape index (κ2) is 22.4. The summed E-state index contributed by atoms with van der Waals surface area (Å²) in [7, 11) is 0. The van der Waals surface area contributed by atoms with Gasteiger partial charge in [-0.3, -0.25) is 19.2 Å². The monoisotopic (exact) mass is 607 g/mol. The number of hydrogen-bond acceptors (Lipinski definition) is 9. The van der Waals surface area contributed by atoms with Crippen molar-refractivity contribution in [2.45, 2.75) is 71.4 Å². The molecular formula is C29H45N5O9. The van der Waals surface area contributed by atoms with Gasteiger partial charge in [-0.1, -0.05) is 63.9 Å². The molecule has 1 rings (SSSR count). The zero-order valence-electron chi connectivity index (χ0n) is 25.2. The maximum atomic E-state index is 12.9. The minimum absolute atomic E-state index is 0.126. The first-order valence-electron chi connectivity index (χ1n) is 14.5. The van der Waals surface area contributed by atoms with Crippen LogP contribution in [0, 0.1) is 0 Å². The summed E-state index contributed by atoms with van der Waals surface area (Å²) in [6, 6.07) is 7.87. The molecule has 5 N–H and O–H groups in total. The topological polar surface area (TPSA) is 190 Å². The van der Waals surface area contributed by atoms with Gasteiger partial charge in [0.15, 0.2) is 6.10 Å². The van der Waals surface area contributed by atoms with Crippen molar-refractivity contribution in [3.05, 3.63) is 35.9 Å². The van der Waals surface area contributed by atoms with Crippen LogP contribution in [0.1, 0.15) is 58.4 Å². The van der Waals surface area contributed by atoms with E-state index in [1.165, 1.54) is 0 Å². The average molecular weight is 608 g/mol. The molecule has 0 spiro atoms.